The molecular weight excluding hydrogens is 433 g/mol. The van der Waals surface area contributed by atoms with Gasteiger partial charge in [0.2, 0.25) is 5.89 Å². The molecule has 9 nitrogen and oxygen atoms in total. The Balaban J connectivity index is 1.40. The summed E-state index contributed by atoms with van der Waals surface area (Å²) in [4.78, 5) is 29.7. The van der Waals surface area contributed by atoms with Crippen LogP contribution in [0.1, 0.15) is 21.9 Å². The van der Waals surface area contributed by atoms with E-state index in [4.69, 9.17) is 32.4 Å². The highest BCUT2D eigenvalue weighted by Gasteiger charge is 2.21. The van der Waals surface area contributed by atoms with Crippen LogP contribution >= 0.6 is 23.2 Å². The number of oxazole rings is 1. The van der Waals surface area contributed by atoms with Gasteiger partial charge in [-0.25, -0.2) is 9.78 Å². The van der Waals surface area contributed by atoms with Gasteiger partial charge in [0.05, 0.1) is 29.3 Å². The second-order valence-corrected chi connectivity index (χ2v) is 7.56. The molecule has 0 radical (unpaired) electrons. The first-order valence-electron chi connectivity index (χ1n) is 9.40. The summed E-state index contributed by atoms with van der Waals surface area (Å²) in [5.41, 5.74) is 1.23. The van der Waals surface area contributed by atoms with E-state index in [1.54, 1.807) is 6.07 Å². The third kappa shape index (κ3) is 6.33. The number of benzene rings is 1. The van der Waals surface area contributed by atoms with Crippen LogP contribution in [0.15, 0.2) is 28.9 Å². The predicted octanol–water partition coefficient (Wildman–Crippen LogP) is 2.04. The Morgan fingerprint density at radius 2 is 2.10 bits per heavy atom. The number of hydrogen-bond acceptors (Lipinski definition) is 6. The normalized spacial score (nSPS) is 16.8. The van der Waals surface area contributed by atoms with Crippen LogP contribution in [0.4, 0.5) is 4.79 Å². The summed E-state index contributed by atoms with van der Waals surface area (Å²) < 4.78 is 10.9. The first-order chi connectivity index (χ1) is 14.4. The number of rotatable bonds is 7. The molecule has 162 valence electrons. The summed E-state index contributed by atoms with van der Waals surface area (Å²) in [5.74, 6) is -0.111. The number of hydrogen-bond donors (Lipinski definition) is 3. The number of morpholine rings is 1. The summed E-state index contributed by atoms with van der Waals surface area (Å²) in [5, 5.41) is 8.93. The molecule has 0 unspecified atom stereocenters. The first-order valence-corrected chi connectivity index (χ1v) is 10.2. The van der Waals surface area contributed by atoms with E-state index in [2.05, 4.69) is 25.8 Å². The van der Waals surface area contributed by atoms with Crippen molar-refractivity contribution in [1.82, 2.24) is 25.8 Å². The van der Waals surface area contributed by atoms with Crippen molar-refractivity contribution >= 4 is 35.1 Å². The van der Waals surface area contributed by atoms with Crippen LogP contribution in [0, 0.1) is 0 Å². The van der Waals surface area contributed by atoms with Crippen molar-refractivity contribution in [3.8, 4) is 0 Å². The molecule has 0 spiro atoms. The van der Waals surface area contributed by atoms with Crippen molar-refractivity contribution in [2.24, 2.45) is 0 Å². The maximum Gasteiger partial charge on any atom is 0.315 e. The quantitative estimate of drug-likeness (QED) is 0.589. The molecule has 3 rings (SSSR count). The molecular formula is C19H23Cl2N5O4. The highest BCUT2D eigenvalue weighted by molar-refractivity contribution is 6.42. The van der Waals surface area contributed by atoms with Crippen molar-refractivity contribution in [2.45, 2.75) is 19.2 Å². The fourth-order valence-electron chi connectivity index (χ4n) is 2.99. The van der Waals surface area contributed by atoms with Gasteiger partial charge in [-0.3, -0.25) is 9.69 Å². The molecule has 0 saturated carbocycles. The van der Waals surface area contributed by atoms with Crippen LogP contribution < -0.4 is 16.0 Å². The molecule has 0 aliphatic carbocycles. The molecule has 11 heteroatoms. The van der Waals surface area contributed by atoms with E-state index in [1.165, 1.54) is 13.3 Å². The van der Waals surface area contributed by atoms with Crippen LogP contribution in [0.3, 0.4) is 0 Å². The minimum atomic E-state index is -0.375. The van der Waals surface area contributed by atoms with Gasteiger partial charge < -0.3 is 25.1 Å². The second-order valence-electron chi connectivity index (χ2n) is 6.75. The van der Waals surface area contributed by atoms with Crippen molar-refractivity contribution in [1.29, 1.82) is 0 Å². The minimum absolute atomic E-state index is 0.0673. The van der Waals surface area contributed by atoms with Crippen LogP contribution in [-0.2, 0) is 17.8 Å². The Kier molecular flexibility index (Phi) is 7.92. The van der Waals surface area contributed by atoms with Gasteiger partial charge >= 0.3 is 6.03 Å². The zero-order valence-electron chi connectivity index (χ0n) is 16.4. The summed E-state index contributed by atoms with van der Waals surface area (Å²) in [6, 6.07) is 5.22. The first kappa shape index (κ1) is 22.4. The number of amides is 3. The number of halogens is 2. The Labute approximate surface area is 184 Å². The van der Waals surface area contributed by atoms with E-state index in [-0.39, 0.29) is 36.2 Å². The van der Waals surface area contributed by atoms with Gasteiger partial charge in [0.15, 0.2) is 5.69 Å². The lowest BCUT2D eigenvalue weighted by molar-refractivity contribution is -0.0287. The fraction of sp³-hybridized carbons (Fsp3) is 0.421. The number of carbonyl (C=O) groups excluding carboxylic acids is 2. The van der Waals surface area contributed by atoms with E-state index in [1.807, 2.05) is 12.1 Å². The van der Waals surface area contributed by atoms with Gasteiger partial charge in [-0.05, 0) is 17.7 Å². The third-order valence-corrected chi connectivity index (χ3v) is 5.25. The second kappa shape index (κ2) is 10.6. The Hall–Kier alpha value is -2.33. The molecule has 1 atom stereocenters. The Morgan fingerprint density at radius 1 is 1.27 bits per heavy atom. The minimum Gasteiger partial charge on any atom is -0.446 e. The molecule has 2 heterocycles. The molecule has 1 aromatic heterocycles. The molecule has 1 aromatic carbocycles. The van der Waals surface area contributed by atoms with E-state index < -0.39 is 0 Å². The summed E-state index contributed by atoms with van der Waals surface area (Å²) >= 11 is 12.0. The van der Waals surface area contributed by atoms with Gasteiger partial charge in [-0.2, -0.15) is 0 Å². The lowest BCUT2D eigenvalue weighted by atomic mass is 10.2. The van der Waals surface area contributed by atoms with E-state index in [0.717, 1.165) is 18.7 Å². The highest BCUT2D eigenvalue weighted by Crippen LogP contribution is 2.23. The van der Waals surface area contributed by atoms with Crippen molar-refractivity contribution < 1.29 is 18.7 Å². The Bertz CT molecular complexity index is 892. The maximum absolute atomic E-state index is 12.0. The molecule has 3 N–H and O–H groups in total. The number of nitrogens with zero attached hydrogens (tertiary/aromatic N) is 2. The number of nitrogens with one attached hydrogen (secondary N) is 3. The average molecular weight is 456 g/mol. The summed E-state index contributed by atoms with van der Waals surface area (Å²) in [7, 11) is 1.50. The monoisotopic (exact) mass is 455 g/mol. The molecule has 30 heavy (non-hydrogen) atoms. The van der Waals surface area contributed by atoms with Crippen molar-refractivity contribution in [3.63, 3.8) is 0 Å². The van der Waals surface area contributed by atoms with E-state index >= 15 is 0 Å². The number of ether oxygens (including phenoxy) is 1. The molecule has 1 aliphatic heterocycles. The molecule has 0 bridgehead atoms. The number of urea groups is 1. The highest BCUT2D eigenvalue weighted by atomic mass is 35.5. The zero-order valence-corrected chi connectivity index (χ0v) is 17.9. The van der Waals surface area contributed by atoms with Crippen LogP contribution in [0.5, 0.6) is 0 Å². The number of aromatic nitrogens is 1. The van der Waals surface area contributed by atoms with Crippen LogP contribution in [0.2, 0.25) is 10.0 Å². The standard InChI is InChI=1S/C19H23Cl2N5O4/c1-22-18(27)16-11-30-17(25-16)8-24-19(28)23-7-13-10-26(4-5-29-13)9-12-2-3-14(20)15(21)6-12/h2-3,6,11,13H,4-5,7-10H2,1H3,(H,22,27)(H2,23,24,28)/t13-/m0/s1. The van der Waals surface area contributed by atoms with E-state index in [0.29, 0.717) is 29.7 Å². The molecule has 2 aromatic rings. The maximum atomic E-state index is 12.0. The van der Waals surface area contributed by atoms with Crippen LogP contribution in [0.25, 0.3) is 0 Å². The zero-order chi connectivity index (χ0) is 21.5. The van der Waals surface area contributed by atoms with Crippen molar-refractivity contribution in [3.05, 3.63) is 51.7 Å². The van der Waals surface area contributed by atoms with Gasteiger partial charge in [0.25, 0.3) is 5.91 Å². The molecule has 1 saturated heterocycles. The molecule has 1 fully saturated rings. The fourth-order valence-corrected chi connectivity index (χ4v) is 3.31. The lowest BCUT2D eigenvalue weighted by Gasteiger charge is -2.33. The number of carbonyl (C=O) groups is 2. The largest absolute Gasteiger partial charge is 0.446 e. The Morgan fingerprint density at radius 3 is 2.87 bits per heavy atom. The predicted molar refractivity (Wildman–Crippen MR) is 112 cm³/mol. The van der Waals surface area contributed by atoms with E-state index in [9.17, 15) is 9.59 Å². The smallest absolute Gasteiger partial charge is 0.315 e. The summed E-state index contributed by atoms with van der Waals surface area (Å²) in [6.45, 7) is 3.20. The molecule has 3 amide bonds. The van der Waals surface area contributed by atoms with Gasteiger partial charge in [-0.15, -0.1) is 0 Å². The average Bonchev–Trinajstić information content (AvgIpc) is 3.22. The topological polar surface area (TPSA) is 109 Å². The van der Waals surface area contributed by atoms with Crippen LogP contribution in [-0.4, -0.2) is 61.2 Å². The van der Waals surface area contributed by atoms with Gasteiger partial charge in [0, 0.05) is 33.2 Å². The lowest BCUT2D eigenvalue weighted by Crippen LogP contribution is -2.48. The van der Waals surface area contributed by atoms with Crippen molar-refractivity contribution in [2.75, 3.05) is 33.3 Å². The van der Waals surface area contributed by atoms with Gasteiger partial charge in [-0.1, -0.05) is 29.3 Å². The third-order valence-electron chi connectivity index (χ3n) is 4.52. The van der Waals surface area contributed by atoms with Gasteiger partial charge in [0.1, 0.15) is 6.26 Å². The molecule has 1 aliphatic rings. The SMILES string of the molecule is CNC(=O)c1coc(CNC(=O)NC[C@H]2CN(Cc3ccc(Cl)c(Cl)c3)CCO2)n1. The summed E-state index contributed by atoms with van der Waals surface area (Å²) in [6.07, 6.45) is 1.11.